The summed E-state index contributed by atoms with van der Waals surface area (Å²) in [4.78, 5) is 14.4. The Morgan fingerprint density at radius 3 is 2.34 bits per heavy atom. The molecule has 1 fully saturated rings. The number of piperazine rings is 1. The SMILES string of the molecule is Cc1ccc(Cl)cc1N1CCN(c2nc(-c3cccc(Cl)c3Cl)nc3ccccc23)CC1. The first kappa shape index (κ1) is 21.3. The Kier molecular flexibility index (Phi) is 5.85. The van der Waals surface area contributed by atoms with Crippen molar-refractivity contribution in [2.75, 3.05) is 36.0 Å². The number of hydrogen-bond acceptors (Lipinski definition) is 4. The van der Waals surface area contributed by atoms with Crippen molar-refractivity contribution in [2.24, 2.45) is 0 Å². The molecule has 162 valence electrons. The summed E-state index contributed by atoms with van der Waals surface area (Å²) >= 11 is 19.0. The number of hydrogen-bond donors (Lipinski definition) is 0. The summed E-state index contributed by atoms with van der Waals surface area (Å²) in [7, 11) is 0. The number of benzene rings is 3. The third-order valence-corrected chi connectivity index (χ3v) is 6.92. The van der Waals surface area contributed by atoms with Crippen molar-refractivity contribution in [3.05, 3.63) is 81.3 Å². The van der Waals surface area contributed by atoms with Crippen LogP contribution in [0.15, 0.2) is 60.7 Å². The van der Waals surface area contributed by atoms with Gasteiger partial charge in [-0.2, -0.15) is 0 Å². The van der Waals surface area contributed by atoms with Crippen LogP contribution < -0.4 is 9.80 Å². The highest BCUT2D eigenvalue weighted by Gasteiger charge is 2.23. The molecule has 1 aromatic heterocycles. The molecule has 32 heavy (non-hydrogen) atoms. The van der Waals surface area contributed by atoms with Gasteiger partial charge in [-0.05, 0) is 48.9 Å². The summed E-state index contributed by atoms with van der Waals surface area (Å²) in [5.74, 6) is 1.50. The van der Waals surface area contributed by atoms with E-state index in [4.69, 9.17) is 44.8 Å². The van der Waals surface area contributed by atoms with E-state index in [1.165, 1.54) is 11.3 Å². The highest BCUT2D eigenvalue weighted by atomic mass is 35.5. The summed E-state index contributed by atoms with van der Waals surface area (Å²) in [6.45, 7) is 5.57. The van der Waals surface area contributed by atoms with Crippen LogP contribution in [0.3, 0.4) is 0 Å². The predicted octanol–water partition coefficient (Wildman–Crippen LogP) is 6.89. The van der Waals surface area contributed by atoms with Crippen LogP contribution in [0.1, 0.15) is 5.56 Å². The van der Waals surface area contributed by atoms with Gasteiger partial charge in [-0.3, -0.25) is 0 Å². The number of halogens is 3. The zero-order valence-electron chi connectivity index (χ0n) is 17.5. The highest BCUT2D eigenvalue weighted by Crippen LogP contribution is 2.35. The van der Waals surface area contributed by atoms with Crippen LogP contribution in [0.25, 0.3) is 22.3 Å². The summed E-state index contributed by atoms with van der Waals surface area (Å²) in [5.41, 5.74) is 4.04. The van der Waals surface area contributed by atoms with E-state index in [9.17, 15) is 0 Å². The molecule has 5 rings (SSSR count). The Morgan fingerprint density at radius 2 is 1.53 bits per heavy atom. The van der Waals surface area contributed by atoms with Gasteiger partial charge < -0.3 is 9.80 Å². The van der Waals surface area contributed by atoms with Crippen LogP contribution in [0.5, 0.6) is 0 Å². The maximum Gasteiger partial charge on any atom is 0.163 e. The number of rotatable bonds is 3. The molecule has 0 saturated carbocycles. The monoisotopic (exact) mass is 482 g/mol. The van der Waals surface area contributed by atoms with E-state index in [1.807, 2.05) is 42.5 Å². The summed E-state index contributed by atoms with van der Waals surface area (Å²) in [6.07, 6.45) is 0. The quantitative estimate of drug-likeness (QED) is 0.317. The standard InChI is InChI=1S/C25H21Cl3N4/c1-16-9-10-17(26)15-22(16)31-11-13-32(14-12-31)25-18-5-2-3-8-21(18)29-24(30-25)19-6-4-7-20(27)23(19)28/h2-10,15H,11-14H2,1H3. The lowest BCUT2D eigenvalue weighted by molar-refractivity contribution is 0.648. The van der Waals surface area contributed by atoms with Crippen LogP contribution in [-0.2, 0) is 0 Å². The summed E-state index contributed by atoms with van der Waals surface area (Å²) < 4.78 is 0. The van der Waals surface area contributed by atoms with Crippen LogP contribution >= 0.6 is 34.8 Å². The van der Waals surface area contributed by atoms with Crippen LogP contribution in [0.2, 0.25) is 15.1 Å². The minimum Gasteiger partial charge on any atom is -0.368 e. The smallest absolute Gasteiger partial charge is 0.163 e. The topological polar surface area (TPSA) is 32.3 Å². The van der Waals surface area contributed by atoms with Gasteiger partial charge in [0.05, 0.1) is 15.6 Å². The molecule has 0 unspecified atom stereocenters. The fraction of sp³-hybridized carbons (Fsp3) is 0.200. The van der Waals surface area contributed by atoms with E-state index in [0.29, 0.717) is 15.9 Å². The van der Waals surface area contributed by atoms with Gasteiger partial charge in [-0.25, -0.2) is 9.97 Å². The molecule has 4 nitrogen and oxygen atoms in total. The maximum atomic E-state index is 6.49. The van der Waals surface area contributed by atoms with Gasteiger partial charge in [0.25, 0.3) is 0 Å². The third kappa shape index (κ3) is 3.99. The van der Waals surface area contributed by atoms with Gasteiger partial charge in [0, 0.05) is 47.8 Å². The minimum absolute atomic E-state index is 0.469. The highest BCUT2D eigenvalue weighted by molar-refractivity contribution is 6.43. The van der Waals surface area contributed by atoms with E-state index >= 15 is 0 Å². The van der Waals surface area contributed by atoms with Crippen molar-refractivity contribution < 1.29 is 0 Å². The third-order valence-electron chi connectivity index (χ3n) is 5.87. The lowest BCUT2D eigenvalue weighted by atomic mass is 10.1. The van der Waals surface area contributed by atoms with Gasteiger partial charge in [0.15, 0.2) is 5.82 Å². The largest absolute Gasteiger partial charge is 0.368 e. The van der Waals surface area contributed by atoms with Crippen molar-refractivity contribution in [3.8, 4) is 11.4 Å². The number of nitrogens with zero attached hydrogens (tertiary/aromatic N) is 4. The molecule has 0 radical (unpaired) electrons. The second-order valence-electron chi connectivity index (χ2n) is 7.89. The van der Waals surface area contributed by atoms with Gasteiger partial charge >= 0.3 is 0 Å². The second-order valence-corrected chi connectivity index (χ2v) is 9.12. The average Bonchev–Trinajstić information content (AvgIpc) is 2.82. The number of aromatic nitrogens is 2. The fourth-order valence-electron chi connectivity index (χ4n) is 4.18. The van der Waals surface area contributed by atoms with Crippen molar-refractivity contribution >= 4 is 57.2 Å². The molecule has 1 saturated heterocycles. The fourth-order valence-corrected chi connectivity index (χ4v) is 4.73. The first-order valence-electron chi connectivity index (χ1n) is 10.5. The van der Waals surface area contributed by atoms with Gasteiger partial charge in [-0.1, -0.05) is 59.1 Å². The number of fused-ring (bicyclic) bond motifs is 1. The van der Waals surface area contributed by atoms with E-state index in [2.05, 4.69) is 28.9 Å². The molecular formula is C25H21Cl3N4. The van der Waals surface area contributed by atoms with Gasteiger partial charge in [-0.15, -0.1) is 0 Å². The lowest BCUT2D eigenvalue weighted by Gasteiger charge is -2.38. The van der Waals surface area contributed by atoms with Gasteiger partial charge in [0.2, 0.25) is 0 Å². The summed E-state index contributed by atoms with van der Waals surface area (Å²) in [5, 5.41) is 2.75. The maximum absolute atomic E-state index is 6.49. The van der Waals surface area contributed by atoms with E-state index < -0.39 is 0 Å². The molecule has 0 amide bonds. The van der Waals surface area contributed by atoms with Crippen molar-refractivity contribution in [3.63, 3.8) is 0 Å². The minimum atomic E-state index is 0.469. The normalized spacial score (nSPS) is 14.2. The second kappa shape index (κ2) is 8.78. The molecule has 0 spiro atoms. The molecule has 3 aromatic carbocycles. The Bertz CT molecular complexity index is 1300. The van der Waals surface area contributed by atoms with E-state index in [0.717, 1.165) is 53.5 Å². The number of aryl methyl sites for hydroxylation is 1. The Labute approximate surface area is 202 Å². The molecule has 4 aromatic rings. The zero-order valence-corrected chi connectivity index (χ0v) is 19.8. The average molecular weight is 484 g/mol. The van der Waals surface area contributed by atoms with Crippen LogP contribution in [-0.4, -0.2) is 36.1 Å². The molecule has 1 aliphatic rings. The van der Waals surface area contributed by atoms with E-state index in [-0.39, 0.29) is 0 Å². The van der Waals surface area contributed by atoms with Crippen molar-refractivity contribution in [1.82, 2.24) is 9.97 Å². The molecular weight excluding hydrogens is 463 g/mol. The van der Waals surface area contributed by atoms with E-state index in [1.54, 1.807) is 6.07 Å². The summed E-state index contributed by atoms with van der Waals surface area (Å²) in [6, 6.07) is 19.7. The molecule has 0 N–H and O–H groups in total. The van der Waals surface area contributed by atoms with Crippen LogP contribution in [0, 0.1) is 6.92 Å². The first-order chi connectivity index (χ1) is 15.5. The lowest BCUT2D eigenvalue weighted by Crippen LogP contribution is -2.47. The molecule has 0 atom stereocenters. The molecule has 0 aliphatic carbocycles. The Hall–Kier alpha value is -2.53. The van der Waals surface area contributed by atoms with Crippen LogP contribution in [0.4, 0.5) is 11.5 Å². The molecule has 2 heterocycles. The molecule has 7 heteroatoms. The predicted molar refractivity (Wildman–Crippen MR) is 136 cm³/mol. The van der Waals surface area contributed by atoms with Gasteiger partial charge in [0.1, 0.15) is 5.82 Å². The molecule has 0 bridgehead atoms. The molecule has 1 aliphatic heterocycles. The Balaban J connectivity index is 1.50. The van der Waals surface area contributed by atoms with Crippen molar-refractivity contribution in [2.45, 2.75) is 6.92 Å². The number of anilines is 2. The van der Waals surface area contributed by atoms with Crippen molar-refractivity contribution in [1.29, 1.82) is 0 Å². The number of para-hydroxylation sites is 1. The Morgan fingerprint density at radius 1 is 0.781 bits per heavy atom. The first-order valence-corrected chi connectivity index (χ1v) is 11.6. The zero-order chi connectivity index (χ0) is 22.2.